The molecule has 1 fully saturated rings. The first kappa shape index (κ1) is 22.8. The van der Waals surface area contributed by atoms with Crippen molar-refractivity contribution >= 4 is 17.7 Å². The van der Waals surface area contributed by atoms with Crippen LogP contribution in [0.5, 0.6) is 0 Å². The highest BCUT2D eigenvalue weighted by Gasteiger charge is 2.21. The van der Waals surface area contributed by atoms with Crippen molar-refractivity contribution in [1.29, 1.82) is 0 Å². The quantitative estimate of drug-likeness (QED) is 0.735. The summed E-state index contributed by atoms with van der Waals surface area (Å²) in [5.41, 5.74) is 1.43. The Morgan fingerprint density at radius 2 is 1.77 bits per heavy atom. The van der Waals surface area contributed by atoms with Crippen LogP contribution in [0.15, 0.2) is 54.6 Å². The first-order valence-corrected chi connectivity index (χ1v) is 10.6. The van der Waals surface area contributed by atoms with Crippen LogP contribution in [0.25, 0.3) is 0 Å². The lowest BCUT2D eigenvalue weighted by atomic mass is 10.0. The molecule has 1 heterocycles. The minimum absolute atomic E-state index is 0.158. The zero-order chi connectivity index (χ0) is 22.3. The highest BCUT2D eigenvalue weighted by atomic mass is 16.6. The first-order valence-electron chi connectivity index (χ1n) is 10.6. The van der Waals surface area contributed by atoms with Crippen LogP contribution in [0, 0.1) is 0 Å². The van der Waals surface area contributed by atoms with Crippen LogP contribution in [0.1, 0.15) is 42.7 Å². The molecule has 31 heavy (non-hydrogen) atoms. The molecular formula is C24H31N3O4. The first-order chi connectivity index (χ1) is 14.8. The minimum atomic E-state index is -0.596. The van der Waals surface area contributed by atoms with E-state index in [1.54, 1.807) is 45.0 Å². The standard InChI is InChI=1S/C24H31N3O4/c1-24(2,3)31-23(29)25-20-11-7-10-19(16-20)22(28)26-21(18-8-5-4-6-9-18)17-27-12-14-30-15-13-27/h4-11,16,21H,12-15,17H2,1-3H3,(H,25,29)(H,26,28)/t21-/m0/s1. The number of carbonyl (C=O) groups is 2. The average Bonchev–Trinajstić information content (AvgIpc) is 2.73. The predicted octanol–water partition coefficient (Wildman–Crippen LogP) is 3.84. The topological polar surface area (TPSA) is 79.9 Å². The van der Waals surface area contributed by atoms with Crippen LogP contribution in [-0.2, 0) is 9.47 Å². The van der Waals surface area contributed by atoms with E-state index in [0.717, 1.165) is 18.7 Å². The molecular weight excluding hydrogens is 394 g/mol. The van der Waals surface area contributed by atoms with Gasteiger partial charge in [-0.3, -0.25) is 15.0 Å². The number of anilines is 1. The number of nitrogens with zero attached hydrogens (tertiary/aromatic N) is 1. The van der Waals surface area contributed by atoms with Crippen LogP contribution >= 0.6 is 0 Å². The molecule has 1 aliphatic heterocycles. The van der Waals surface area contributed by atoms with Crippen LogP contribution in [0.2, 0.25) is 0 Å². The van der Waals surface area contributed by atoms with Gasteiger partial charge in [-0.05, 0) is 44.5 Å². The van der Waals surface area contributed by atoms with Crippen molar-refractivity contribution < 1.29 is 19.1 Å². The molecule has 1 atom stereocenters. The van der Waals surface area contributed by atoms with E-state index in [4.69, 9.17) is 9.47 Å². The molecule has 0 aliphatic carbocycles. The Hall–Kier alpha value is -2.90. The Labute approximate surface area is 183 Å². The highest BCUT2D eigenvalue weighted by molar-refractivity contribution is 5.96. The highest BCUT2D eigenvalue weighted by Crippen LogP contribution is 2.18. The van der Waals surface area contributed by atoms with Gasteiger partial charge in [-0.25, -0.2) is 4.79 Å². The lowest BCUT2D eigenvalue weighted by Crippen LogP contribution is -2.43. The van der Waals surface area contributed by atoms with Crippen molar-refractivity contribution in [1.82, 2.24) is 10.2 Å². The molecule has 2 aromatic rings. The number of benzene rings is 2. The molecule has 3 rings (SSSR count). The number of nitrogens with one attached hydrogen (secondary N) is 2. The van der Waals surface area contributed by atoms with E-state index in [1.807, 2.05) is 30.3 Å². The fraction of sp³-hybridized carbons (Fsp3) is 0.417. The molecule has 0 aromatic heterocycles. The molecule has 0 unspecified atom stereocenters. The Kier molecular flexibility index (Phi) is 7.65. The molecule has 0 radical (unpaired) electrons. The van der Waals surface area contributed by atoms with E-state index < -0.39 is 11.7 Å². The third kappa shape index (κ3) is 7.38. The summed E-state index contributed by atoms with van der Waals surface area (Å²) in [6, 6.07) is 16.6. The predicted molar refractivity (Wildman–Crippen MR) is 120 cm³/mol. The zero-order valence-electron chi connectivity index (χ0n) is 18.4. The Bertz CT molecular complexity index is 874. The molecule has 1 aliphatic rings. The molecule has 2 amide bonds. The second-order valence-corrected chi connectivity index (χ2v) is 8.56. The van der Waals surface area contributed by atoms with E-state index in [2.05, 4.69) is 15.5 Å². The van der Waals surface area contributed by atoms with Gasteiger partial charge in [-0.15, -0.1) is 0 Å². The molecule has 7 heteroatoms. The molecule has 7 nitrogen and oxygen atoms in total. The molecule has 166 valence electrons. The number of amides is 2. The van der Waals surface area contributed by atoms with Crippen LogP contribution in [0.3, 0.4) is 0 Å². The second-order valence-electron chi connectivity index (χ2n) is 8.56. The fourth-order valence-electron chi connectivity index (χ4n) is 3.36. The molecule has 0 saturated carbocycles. The summed E-state index contributed by atoms with van der Waals surface area (Å²) in [5, 5.41) is 5.83. The maximum atomic E-state index is 13.0. The third-order valence-corrected chi connectivity index (χ3v) is 4.82. The second kappa shape index (κ2) is 10.4. The Morgan fingerprint density at radius 1 is 1.06 bits per heavy atom. The molecule has 1 saturated heterocycles. The summed E-state index contributed by atoms with van der Waals surface area (Å²) < 4.78 is 10.7. The zero-order valence-corrected chi connectivity index (χ0v) is 18.4. The van der Waals surface area contributed by atoms with Crippen molar-refractivity contribution in [2.24, 2.45) is 0 Å². The smallest absolute Gasteiger partial charge is 0.412 e. The van der Waals surface area contributed by atoms with Gasteiger partial charge in [0.25, 0.3) is 5.91 Å². The van der Waals surface area contributed by atoms with E-state index in [1.165, 1.54) is 0 Å². The number of ether oxygens (including phenoxy) is 2. The number of carbonyl (C=O) groups excluding carboxylic acids is 2. The van der Waals surface area contributed by atoms with Crippen molar-refractivity contribution in [2.75, 3.05) is 38.2 Å². The Balaban J connectivity index is 1.70. The summed E-state index contributed by atoms with van der Waals surface area (Å²) in [4.78, 5) is 27.4. The van der Waals surface area contributed by atoms with Gasteiger partial charge in [0.2, 0.25) is 0 Å². The van der Waals surface area contributed by atoms with Crippen molar-refractivity contribution in [2.45, 2.75) is 32.4 Å². The summed E-state index contributed by atoms with van der Waals surface area (Å²) in [6.45, 7) is 9.19. The molecule has 2 N–H and O–H groups in total. The van der Waals surface area contributed by atoms with Gasteiger partial charge in [0.1, 0.15) is 5.60 Å². The van der Waals surface area contributed by atoms with Crippen LogP contribution in [-0.4, -0.2) is 55.3 Å². The van der Waals surface area contributed by atoms with Gasteiger partial charge >= 0.3 is 6.09 Å². The fourth-order valence-corrected chi connectivity index (χ4v) is 3.36. The van der Waals surface area contributed by atoms with Crippen molar-refractivity contribution in [3.63, 3.8) is 0 Å². The van der Waals surface area contributed by atoms with Crippen molar-refractivity contribution in [3.8, 4) is 0 Å². The largest absolute Gasteiger partial charge is 0.444 e. The monoisotopic (exact) mass is 425 g/mol. The van der Waals surface area contributed by atoms with E-state index in [0.29, 0.717) is 31.0 Å². The van der Waals surface area contributed by atoms with E-state index >= 15 is 0 Å². The van der Waals surface area contributed by atoms with Gasteiger partial charge in [-0.2, -0.15) is 0 Å². The van der Waals surface area contributed by atoms with Crippen LogP contribution < -0.4 is 10.6 Å². The lowest BCUT2D eigenvalue weighted by molar-refractivity contribution is 0.0332. The lowest BCUT2D eigenvalue weighted by Gasteiger charge is -2.31. The SMILES string of the molecule is CC(C)(C)OC(=O)Nc1cccc(C(=O)N[C@@H](CN2CCOCC2)c2ccccc2)c1. The minimum Gasteiger partial charge on any atom is -0.444 e. The van der Waals surface area contributed by atoms with E-state index in [9.17, 15) is 9.59 Å². The molecule has 0 spiro atoms. The normalized spacial score (nSPS) is 15.7. The number of hydrogen-bond acceptors (Lipinski definition) is 5. The number of hydrogen-bond donors (Lipinski definition) is 2. The van der Waals surface area contributed by atoms with Crippen molar-refractivity contribution in [3.05, 3.63) is 65.7 Å². The summed E-state index contributed by atoms with van der Waals surface area (Å²) >= 11 is 0. The summed E-state index contributed by atoms with van der Waals surface area (Å²) in [6.07, 6.45) is -0.556. The maximum Gasteiger partial charge on any atom is 0.412 e. The van der Waals surface area contributed by atoms with Gasteiger partial charge in [0.15, 0.2) is 0 Å². The van der Waals surface area contributed by atoms with Gasteiger partial charge < -0.3 is 14.8 Å². The van der Waals surface area contributed by atoms with Gasteiger partial charge in [0, 0.05) is 30.9 Å². The van der Waals surface area contributed by atoms with Crippen LogP contribution in [0.4, 0.5) is 10.5 Å². The average molecular weight is 426 g/mol. The number of morpholine rings is 1. The van der Waals surface area contributed by atoms with E-state index in [-0.39, 0.29) is 11.9 Å². The summed E-state index contributed by atoms with van der Waals surface area (Å²) in [5.74, 6) is -0.199. The summed E-state index contributed by atoms with van der Waals surface area (Å²) in [7, 11) is 0. The van der Waals surface area contributed by atoms with Gasteiger partial charge in [-0.1, -0.05) is 36.4 Å². The van der Waals surface area contributed by atoms with Gasteiger partial charge in [0.05, 0.1) is 19.3 Å². The third-order valence-electron chi connectivity index (χ3n) is 4.82. The molecule has 2 aromatic carbocycles. The maximum absolute atomic E-state index is 13.0. The Morgan fingerprint density at radius 3 is 2.45 bits per heavy atom. The number of rotatable bonds is 6. The molecule has 0 bridgehead atoms.